The van der Waals surface area contributed by atoms with Crippen molar-refractivity contribution in [3.63, 3.8) is 0 Å². The average molecular weight is 290 g/mol. The van der Waals surface area contributed by atoms with E-state index in [2.05, 4.69) is 4.74 Å². The molecule has 94 valence electrons. The Balaban J connectivity index is 3.47. The van der Waals surface area contributed by atoms with Crippen molar-refractivity contribution in [1.82, 2.24) is 0 Å². The summed E-state index contributed by atoms with van der Waals surface area (Å²) in [5.74, 6) is -2.67. The minimum absolute atomic E-state index is 0.101. The Labute approximate surface area is 112 Å². The van der Waals surface area contributed by atoms with E-state index in [1.54, 1.807) is 0 Å². The quantitative estimate of drug-likeness (QED) is 0.299. The lowest BCUT2D eigenvalue weighted by Gasteiger charge is -2.06. The van der Waals surface area contributed by atoms with E-state index in [0.29, 0.717) is 0 Å². The SMILES string of the molecule is COC(=O)/C(C#N)=C(/O)c1cc(F)c(Cl)cc1Cl. The second kappa shape index (κ2) is 5.71. The van der Waals surface area contributed by atoms with Crippen molar-refractivity contribution in [2.75, 3.05) is 7.11 Å². The number of nitrogens with zero attached hydrogens (tertiary/aromatic N) is 1. The van der Waals surface area contributed by atoms with Crippen LogP contribution in [0.1, 0.15) is 5.56 Å². The first-order chi connectivity index (χ1) is 8.42. The van der Waals surface area contributed by atoms with Crippen LogP contribution in [0.3, 0.4) is 0 Å². The number of methoxy groups -OCH3 is 1. The van der Waals surface area contributed by atoms with E-state index >= 15 is 0 Å². The maximum absolute atomic E-state index is 13.2. The Hall–Kier alpha value is -1.77. The van der Waals surface area contributed by atoms with Gasteiger partial charge in [0.15, 0.2) is 5.57 Å². The van der Waals surface area contributed by atoms with E-state index in [0.717, 1.165) is 19.2 Å². The van der Waals surface area contributed by atoms with Gasteiger partial charge in [0.1, 0.15) is 17.6 Å². The number of nitriles is 1. The molecule has 0 saturated carbocycles. The molecule has 0 atom stereocenters. The molecule has 0 amide bonds. The average Bonchev–Trinajstić information content (AvgIpc) is 2.34. The first-order valence-electron chi connectivity index (χ1n) is 4.49. The summed E-state index contributed by atoms with van der Waals surface area (Å²) >= 11 is 11.2. The topological polar surface area (TPSA) is 70.3 Å². The molecule has 0 aliphatic heterocycles. The summed E-state index contributed by atoms with van der Waals surface area (Å²) in [6.45, 7) is 0. The Morgan fingerprint density at radius 2 is 2.06 bits per heavy atom. The second-order valence-electron chi connectivity index (χ2n) is 3.07. The first-order valence-corrected chi connectivity index (χ1v) is 5.24. The van der Waals surface area contributed by atoms with E-state index < -0.39 is 23.1 Å². The number of carbonyl (C=O) groups excluding carboxylic acids is 1. The van der Waals surface area contributed by atoms with Crippen molar-refractivity contribution < 1.29 is 19.0 Å². The molecular weight excluding hydrogens is 284 g/mol. The van der Waals surface area contributed by atoms with Gasteiger partial charge in [-0.1, -0.05) is 23.2 Å². The predicted octanol–water partition coefficient (Wildman–Crippen LogP) is 3.10. The highest BCUT2D eigenvalue weighted by Gasteiger charge is 2.20. The fourth-order valence-corrected chi connectivity index (χ4v) is 1.61. The number of rotatable bonds is 2. The van der Waals surface area contributed by atoms with Crippen LogP contribution in [0.15, 0.2) is 17.7 Å². The summed E-state index contributed by atoms with van der Waals surface area (Å²) in [5, 5.41) is 18.1. The van der Waals surface area contributed by atoms with Crippen molar-refractivity contribution >= 4 is 34.9 Å². The van der Waals surface area contributed by atoms with E-state index in [1.165, 1.54) is 6.07 Å². The van der Waals surface area contributed by atoms with Gasteiger partial charge in [-0.05, 0) is 12.1 Å². The van der Waals surface area contributed by atoms with Gasteiger partial charge in [-0.2, -0.15) is 5.26 Å². The van der Waals surface area contributed by atoms with Gasteiger partial charge < -0.3 is 9.84 Å². The summed E-state index contributed by atoms with van der Waals surface area (Å²) in [4.78, 5) is 11.2. The van der Waals surface area contributed by atoms with E-state index in [-0.39, 0.29) is 15.6 Å². The smallest absolute Gasteiger partial charge is 0.352 e. The van der Waals surface area contributed by atoms with Crippen LogP contribution in [0, 0.1) is 17.1 Å². The van der Waals surface area contributed by atoms with Gasteiger partial charge in [-0.25, -0.2) is 9.18 Å². The summed E-state index contributed by atoms with van der Waals surface area (Å²) in [5.41, 5.74) is -0.901. The number of carbonyl (C=O) groups is 1. The fraction of sp³-hybridized carbons (Fsp3) is 0.0909. The Kier molecular flexibility index (Phi) is 4.54. The van der Waals surface area contributed by atoms with Crippen molar-refractivity contribution in [2.24, 2.45) is 0 Å². The Bertz CT molecular complexity index is 578. The van der Waals surface area contributed by atoms with E-state index in [4.69, 9.17) is 28.5 Å². The van der Waals surface area contributed by atoms with Gasteiger partial charge >= 0.3 is 5.97 Å². The number of esters is 1. The number of aliphatic hydroxyl groups excluding tert-OH is 1. The largest absolute Gasteiger partial charge is 0.506 e. The number of benzene rings is 1. The lowest BCUT2D eigenvalue weighted by molar-refractivity contribution is -0.135. The van der Waals surface area contributed by atoms with Crippen LogP contribution in [0.5, 0.6) is 0 Å². The first kappa shape index (κ1) is 14.3. The minimum Gasteiger partial charge on any atom is -0.506 e. The predicted molar refractivity (Wildman–Crippen MR) is 63.6 cm³/mol. The summed E-state index contributed by atoms with van der Waals surface area (Å²) in [6, 6.07) is 3.32. The monoisotopic (exact) mass is 289 g/mol. The van der Waals surface area contributed by atoms with Crippen LogP contribution < -0.4 is 0 Å². The Morgan fingerprint density at radius 1 is 1.44 bits per heavy atom. The fourth-order valence-electron chi connectivity index (χ4n) is 1.14. The second-order valence-corrected chi connectivity index (χ2v) is 3.89. The van der Waals surface area contributed by atoms with Crippen LogP contribution in [-0.2, 0) is 9.53 Å². The van der Waals surface area contributed by atoms with Crippen LogP contribution in [0.25, 0.3) is 5.76 Å². The molecule has 1 aromatic carbocycles. The molecule has 0 bridgehead atoms. The third-order valence-electron chi connectivity index (χ3n) is 2.00. The molecule has 0 spiro atoms. The molecule has 0 radical (unpaired) electrons. The highest BCUT2D eigenvalue weighted by Crippen LogP contribution is 2.29. The van der Waals surface area contributed by atoms with Gasteiger partial charge in [0.2, 0.25) is 0 Å². The molecule has 0 aliphatic rings. The lowest BCUT2D eigenvalue weighted by atomic mass is 10.1. The number of hydrogen-bond donors (Lipinski definition) is 1. The maximum Gasteiger partial charge on any atom is 0.352 e. The van der Waals surface area contributed by atoms with Crippen molar-refractivity contribution in [3.05, 3.63) is 39.1 Å². The normalized spacial score (nSPS) is 11.5. The molecular formula is C11H6Cl2FNO3. The molecule has 0 heterocycles. The zero-order valence-corrected chi connectivity index (χ0v) is 10.5. The molecule has 4 nitrogen and oxygen atoms in total. The number of ether oxygens (including phenoxy) is 1. The van der Waals surface area contributed by atoms with Gasteiger partial charge in [0.25, 0.3) is 0 Å². The van der Waals surface area contributed by atoms with Crippen LogP contribution >= 0.6 is 23.2 Å². The molecule has 0 aliphatic carbocycles. The van der Waals surface area contributed by atoms with Crippen molar-refractivity contribution in [1.29, 1.82) is 5.26 Å². The van der Waals surface area contributed by atoms with Crippen LogP contribution in [0.4, 0.5) is 4.39 Å². The molecule has 0 aromatic heterocycles. The number of hydrogen-bond acceptors (Lipinski definition) is 4. The zero-order valence-electron chi connectivity index (χ0n) is 9.00. The summed E-state index contributed by atoms with van der Waals surface area (Å²) in [6.07, 6.45) is 0. The molecule has 7 heteroatoms. The van der Waals surface area contributed by atoms with Crippen molar-refractivity contribution in [3.8, 4) is 6.07 Å². The number of aliphatic hydroxyl groups is 1. The number of halogens is 3. The highest BCUT2D eigenvalue weighted by atomic mass is 35.5. The maximum atomic E-state index is 13.2. The molecule has 1 aromatic rings. The molecule has 0 fully saturated rings. The standard InChI is InChI=1S/C11H6Cl2FNO3/c1-18-11(17)6(4-15)10(16)5-2-9(14)8(13)3-7(5)12/h2-3,16H,1H3/b10-6+. The third-order valence-corrected chi connectivity index (χ3v) is 2.61. The lowest BCUT2D eigenvalue weighted by Crippen LogP contribution is -2.06. The van der Waals surface area contributed by atoms with Crippen LogP contribution in [0.2, 0.25) is 10.0 Å². The van der Waals surface area contributed by atoms with Gasteiger partial charge in [0.05, 0.1) is 17.2 Å². The molecule has 1 rings (SSSR count). The van der Waals surface area contributed by atoms with E-state index in [1.807, 2.05) is 0 Å². The van der Waals surface area contributed by atoms with Crippen LogP contribution in [-0.4, -0.2) is 18.2 Å². The minimum atomic E-state index is -1.05. The molecule has 1 N–H and O–H groups in total. The Morgan fingerprint density at radius 3 is 2.56 bits per heavy atom. The van der Waals surface area contributed by atoms with Gasteiger partial charge in [-0.3, -0.25) is 0 Å². The van der Waals surface area contributed by atoms with Gasteiger partial charge in [-0.15, -0.1) is 0 Å². The van der Waals surface area contributed by atoms with Gasteiger partial charge in [0, 0.05) is 5.56 Å². The molecule has 0 unspecified atom stereocenters. The molecule has 18 heavy (non-hydrogen) atoms. The summed E-state index contributed by atoms with van der Waals surface area (Å²) < 4.78 is 17.5. The zero-order chi connectivity index (χ0) is 13.9. The highest BCUT2D eigenvalue weighted by molar-refractivity contribution is 6.35. The summed E-state index contributed by atoms with van der Waals surface area (Å²) in [7, 11) is 1.04. The van der Waals surface area contributed by atoms with Crippen molar-refractivity contribution in [2.45, 2.75) is 0 Å². The van der Waals surface area contributed by atoms with E-state index in [9.17, 15) is 14.3 Å². The molecule has 0 saturated heterocycles. The third kappa shape index (κ3) is 2.73.